The summed E-state index contributed by atoms with van der Waals surface area (Å²) in [7, 11) is 0. The second-order valence-electron chi connectivity index (χ2n) is 8.24. The summed E-state index contributed by atoms with van der Waals surface area (Å²) < 4.78 is 0. The first-order valence-corrected chi connectivity index (χ1v) is 15.3. The van der Waals surface area contributed by atoms with Gasteiger partial charge in [0.05, 0.1) is 0 Å². The number of hydrogen-bond donors (Lipinski definition) is 1. The quantitative estimate of drug-likeness (QED) is 0.219. The van der Waals surface area contributed by atoms with Crippen molar-refractivity contribution in [3.8, 4) is 0 Å². The van der Waals surface area contributed by atoms with Crippen molar-refractivity contribution in [3.63, 3.8) is 0 Å². The van der Waals surface area contributed by atoms with E-state index < -0.39 is 5.31 Å². The SMILES string of the molecule is C=C(C)C(=O)Nc1ccccc1CP(Br)(c1ccccc1)(c1ccccc1)c1ccccc1. The van der Waals surface area contributed by atoms with Crippen LogP contribution in [0.15, 0.2) is 127 Å². The first-order chi connectivity index (χ1) is 15.9. The Labute approximate surface area is 204 Å². The number of rotatable bonds is 7. The van der Waals surface area contributed by atoms with Gasteiger partial charge in [0.2, 0.25) is 0 Å². The van der Waals surface area contributed by atoms with Crippen molar-refractivity contribution in [3.05, 3.63) is 133 Å². The molecular formula is C29H27BrNOP. The number of amides is 1. The molecule has 0 aliphatic heterocycles. The maximum absolute atomic E-state index is 12.5. The fourth-order valence-corrected chi connectivity index (χ4v) is 11.9. The summed E-state index contributed by atoms with van der Waals surface area (Å²) in [6.07, 6.45) is 0.705. The van der Waals surface area contributed by atoms with Gasteiger partial charge in [0.25, 0.3) is 0 Å². The van der Waals surface area contributed by atoms with Crippen LogP contribution in [-0.2, 0) is 11.0 Å². The molecule has 0 spiro atoms. The molecule has 2 nitrogen and oxygen atoms in total. The summed E-state index contributed by atoms with van der Waals surface area (Å²) in [5, 5.41) is 3.62. The number of halogens is 1. The normalized spacial score (nSPS) is 12.4. The Bertz CT molecular complexity index is 1170. The van der Waals surface area contributed by atoms with E-state index in [0.717, 1.165) is 11.3 Å². The van der Waals surface area contributed by atoms with Gasteiger partial charge >= 0.3 is 204 Å². The molecule has 4 aromatic rings. The van der Waals surface area contributed by atoms with Crippen molar-refractivity contribution < 1.29 is 4.79 Å². The van der Waals surface area contributed by atoms with Gasteiger partial charge < -0.3 is 0 Å². The molecule has 1 amide bonds. The molecule has 0 unspecified atom stereocenters. The van der Waals surface area contributed by atoms with Crippen molar-refractivity contribution in [1.82, 2.24) is 0 Å². The Morgan fingerprint density at radius 2 is 1.12 bits per heavy atom. The molecule has 4 rings (SSSR count). The van der Waals surface area contributed by atoms with Crippen molar-refractivity contribution in [2.24, 2.45) is 0 Å². The molecule has 0 saturated heterocycles. The summed E-state index contributed by atoms with van der Waals surface area (Å²) in [6, 6.07) is 40.0. The zero-order chi connectivity index (χ0) is 23.3. The molecule has 0 bridgehead atoms. The van der Waals surface area contributed by atoms with Crippen molar-refractivity contribution in [2.75, 3.05) is 5.32 Å². The fraction of sp³-hybridized carbons (Fsp3) is 0.0690. The molecule has 0 fully saturated rings. The Morgan fingerprint density at radius 3 is 1.55 bits per heavy atom. The number of carbonyl (C=O) groups is 1. The monoisotopic (exact) mass is 515 g/mol. The van der Waals surface area contributed by atoms with Gasteiger partial charge in [-0.05, 0) is 0 Å². The summed E-state index contributed by atoms with van der Waals surface area (Å²) in [5.41, 5.74) is 2.36. The number of nitrogens with one attached hydrogen (secondary N) is 1. The van der Waals surface area contributed by atoms with Gasteiger partial charge in [-0.3, -0.25) is 0 Å². The predicted molar refractivity (Wildman–Crippen MR) is 148 cm³/mol. The second-order valence-corrected chi connectivity index (χ2v) is 17.2. The zero-order valence-corrected chi connectivity index (χ0v) is 21.1. The van der Waals surface area contributed by atoms with Crippen LogP contribution >= 0.6 is 20.8 Å². The molecule has 0 heterocycles. The third-order valence-electron chi connectivity index (χ3n) is 6.00. The molecule has 166 valence electrons. The van der Waals surface area contributed by atoms with E-state index in [9.17, 15) is 4.79 Å². The first kappa shape index (κ1) is 23.2. The molecular weight excluding hydrogens is 489 g/mol. The molecule has 33 heavy (non-hydrogen) atoms. The molecule has 0 aliphatic carbocycles. The molecule has 0 aromatic heterocycles. The molecule has 0 saturated carbocycles. The Balaban J connectivity index is 2.02. The number of para-hydroxylation sites is 1. The zero-order valence-electron chi connectivity index (χ0n) is 18.6. The second kappa shape index (κ2) is 9.47. The number of hydrogen-bond acceptors (Lipinski definition) is 1. The average molecular weight is 516 g/mol. The molecule has 0 radical (unpaired) electrons. The van der Waals surface area contributed by atoms with Crippen LogP contribution in [0.2, 0.25) is 0 Å². The van der Waals surface area contributed by atoms with Gasteiger partial charge in [-0.2, -0.15) is 0 Å². The van der Waals surface area contributed by atoms with Crippen LogP contribution in [0, 0.1) is 0 Å². The van der Waals surface area contributed by atoms with Gasteiger partial charge in [0.1, 0.15) is 0 Å². The van der Waals surface area contributed by atoms with E-state index in [1.807, 2.05) is 18.2 Å². The van der Waals surface area contributed by atoms with E-state index in [1.54, 1.807) is 6.92 Å². The van der Waals surface area contributed by atoms with Gasteiger partial charge in [0, 0.05) is 0 Å². The van der Waals surface area contributed by atoms with Crippen LogP contribution in [0.25, 0.3) is 0 Å². The van der Waals surface area contributed by atoms with Gasteiger partial charge in [-0.1, -0.05) is 0 Å². The molecule has 4 heteroatoms. The van der Waals surface area contributed by atoms with E-state index in [0.29, 0.717) is 11.7 Å². The summed E-state index contributed by atoms with van der Waals surface area (Å²) >= 11 is 4.48. The van der Waals surface area contributed by atoms with Crippen LogP contribution in [0.3, 0.4) is 0 Å². The number of carbonyl (C=O) groups excluding carboxylic acids is 1. The summed E-state index contributed by atoms with van der Waals surface area (Å²) in [5.74, 6) is -0.170. The molecule has 0 atom stereocenters. The number of benzene rings is 4. The third kappa shape index (κ3) is 4.31. The van der Waals surface area contributed by atoms with E-state index in [2.05, 4.69) is 124 Å². The first-order valence-electron chi connectivity index (χ1n) is 10.9. The average Bonchev–Trinajstić information content (AvgIpc) is 2.87. The summed E-state index contributed by atoms with van der Waals surface area (Å²) in [4.78, 5) is 12.5. The molecule has 4 aromatic carbocycles. The topological polar surface area (TPSA) is 29.1 Å². The predicted octanol–water partition coefficient (Wildman–Crippen LogP) is 6.54. The van der Waals surface area contributed by atoms with Crippen LogP contribution in [-0.4, -0.2) is 5.91 Å². The third-order valence-corrected chi connectivity index (χ3v) is 15.5. The Hall–Kier alpha value is -3.00. The van der Waals surface area contributed by atoms with Gasteiger partial charge in [0.15, 0.2) is 0 Å². The van der Waals surface area contributed by atoms with E-state index in [1.165, 1.54) is 15.9 Å². The van der Waals surface area contributed by atoms with Gasteiger partial charge in [-0.25, -0.2) is 0 Å². The van der Waals surface area contributed by atoms with E-state index in [-0.39, 0.29) is 5.91 Å². The Kier molecular flexibility index (Phi) is 6.65. The van der Waals surface area contributed by atoms with Crippen molar-refractivity contribution >= 4 is 48.3 Å². The minimum absolute atomic E-state index is 0.170. The number of anilines is 1. The maximum atomic E-state index is 12.5. The van der Waals surface area contributed by atoms with Crippen LogP contribution in [0.4, 0.5) is 5.69 Å². The summed E-state index contributed by atoms with van der Waals surface area (Å²) in [6.45, 7) is 5.52. The molecule has 1 N–H and O–H groups in total. The van der Waals surface area contributed by atoms with Gasteiger partial charge in [-0.15, -0.1) is 0 Å². The van der Waals surface area contributed by atoms with Crippen LogP contribution in [0.5, 0.6) is 0 Å². The molecule has 0 aliphatic rings. The fourth-order valence-electron chi connectivity index (χ4n) is 4.27. The van der Waals surface area contributed by atoms with Crippen molar-refractivity contribution in [2.45, 2.75) is 13.1 Å². The Morgan fingerprint density at radius 1 is 0.727 bits per heavy atom. The minimum atomic E-state index is -3.16. The van der Waals surface area contributed by atoms with E-state index >= 15 is 0 Å². The standard InChI is InChI=1S/C29H27BrNOP/c1-23(2)29(32)31-28-21-13-12-14-24(28)22-33(30,25-15-6-3-7-16-25,26-17-8-4-9-18-26)27-19-10-5-11-20-27/h3-21H,1,22H2,2H3,(H,31,32). The van der Waals surface area contributed by atoms with Crippen LogP contribution < -0.4 is 21.2 Å². The van der Waals surface area contributed by atoms with E-state index in [4.69, 9.17) is 0 Å². The van der Waals surface area contributed by atoms with Crippen LogP contribution in [0.1, 0.15) is 12.5 Å². The van der Waals surface area contributed by atoms with Crippen molar-refractivity contribution in [1.29, 1.82) is 0 Å².